The van der Waals surface area contributed by atoms with Gasteiger partial charge in [0, 0.05) is 5.56 Å². The van der Waals surface area contributed by atoms with E-state index < -0.39 is 12.6 Å². The van der Waals surface area contributed by atoms with Crippen LogP contribution in [-0.4, -0.2) is 25.6 Å². The summed E-state index contributed by atoms with van der Waals surface area (Å²) in [5.74, 6) is -0.728. The van der Waals surface area contributed by atoms with Gasteiger partial charge in [0.05, 0.1) is 18.7 Å². The SMILES string of the molecule is COc1cc(C2=NC(=Cc3ccc(C#N)cc3)C(=O)O2)ccc1OC(F)F. The highest BCUT2D eigenvalue weighted by Crippen LogP contribution is 2.31. The van der Waals surface area contributed by atoms with Crippen LogP contribution in [0.5, 0.6) is 11.5 Å². The van der Waals surface area contributed by atoms with Crippen LogP contribution < -0.4 is 9.47 Å². The van der Waals surface area contributed by atoms with Crippen LogP contribution in [0.2, 0.25) is 0 Å². The summed E-state index contributed by atoms with van der Waals surface area (Å²) in [7, 11) is 1.30. The second-order valence-corrected chi connectivity index (χ2v) is 5.31. The molecule has 0 aromatic heterocycles. The lowest BCUT2D eigenvalue weighted by Gasteiger charge is -2.10. The molecule has 3 rings (SSSR count). The summed E-state index contributed by atoms with van der Waals surface area (Å²) < 4.78 is 39.3. The first-order valence-electron chi connectivity index (χ1n) is 7.66. The molecule has 0 radical (unpaired) electrons. The Balaban J connectivity index is 1.89. The summed E-state index contributed by atoms with van der Waals surface area (Å²) in [5, 5.41) is 8.80. The van der Waals surface area contributed by atoms with E-state index in [2.05, 4.69) is 9.73 Å². The largest absolute Gasteiger partial charge is 0.493 e. The van der Waals surface area contributed by atoms with Crippen LogP contribution in [0.3, 0.4) is 0 Å². The minimum Gasteiger partial charge on any atom is -0.493 e. The molecule has 27 heavy (non-hydrogen) atoms. The average Bonchev–Trinajstić information content (AvgIpc) is 3.02. The lowest BCUT2D eigenvalue weighted by Crippen LogP contribution is -2.07. The molecule has 1 aliphatic heterocycles. The first kappa shape index (κ1) is 18.1. The van der Waals surface area contributed by atoms with E-state index in [0.29, 0.717) is 16.7 Å². The first-order chi connectivity index (χ1) is 13.0. The van der Waals surface area contributed by atoms with Gasteiger partial charge in [0.1, 0.15) is 0 Å². The number of alkyl halides is 2. The third-order valence-corrected chi connectivity index (χ3v) is 3.59. The monoisotopic (exact) mass is 370 g/mol. The Morgan fingerprint density at radius 3 is 2.56 bits per heavy atom. The summed E-state index contributed by atoms with van der Waals surface area (Å²) in [6.45, 7) is -2.99. The molecule has 1 heterocycles. The van der Waals surface area contributed by atoms with Gasteiger partial charge < -0.3 is 14.2 Å². The van der Waals surface area contributed by atoms with Crippen LogP contribution in [0.1, 0.15) is 16.7 Å². The van der Waals surface area contributed by atoms with E-state index in [1.54, 1.807) is 24.3 Å². The van der Waals surface area contributed by atoms with Crippen LogP contribution in [0.15, 0.2) is 53.2 Å². The number of rotatable bonds is 5. The Morgan fingerprint density at radius 2 is 1.93 bits per heavy atom. The molecule has 2 aromatic carbocycles. The van der Waals surface area contributed by atoms with Crippen molar-refractivity contribution < 1.29 is 27.8 Å². The molecule has 136 valence electrons. The van der Waals surface area contributed by atoms with E-state index in [0.717, 1.165) is 0 Å². The summed E-state index contributed by atoms with van der Waals surface area (Å²) in [5.41, 5.74) is 1.60. The smallest absolute Gasteiger partial charge is 0.387 e. The molecule has 6 nitrogen and oxygen atoms in total. The lowest BCUT2D eigenvalue weighted by molar-refractivity contribution is -0.129. The van der Waals surface area contributed by atoms with Crippen LogP contribution >= 0.6 is 0 Å². The highest BCUT2D eigenvalue weighted by atomic mass is 19.3. The van der Waals surface area contributed by atoms with Gasteiger partial charge >= 0.3 is 12.6 Å². The second kappa shape index (κ2) is 7.66. The predicted octanol–water partition coefficient (Wildman–Crippen LogP) is 3.51. The molecule has 0 aliphatic carbocycles. The number of methoxy groups -OCH3 is 1. The second-order valence-electron chi connectivity index (χ2n) is 5.31. The van der Waals surface area contributed by atoms with Gasteiger partial charge in [0.2, 0.25) is 5.90 Å². The third-order valence-electron chi connectivity index (χ3n) is 3.59. The van der Waals surface area contributed by atoms with Crippen molar-refractivity contribution in [2.45, 2.75) is 6.61 Å². The summed E-state index contributed by atoms with van der Waals surface area (Å²) >= 11 is 0. The summed E-state index contributed by atoms with van der Waals surface area (Å²) in [4.78, 5) is 16.2. The van der Waals surface area contributed by atoms with Crippen molar-refractivity contribution in [1.29, 1.82) is 5.26 Å². The van der Waals surface area contributed by atoms with E-state index in [9.17, 15) is 13.6 Å². The maximum absolute atomic E-state index is 12.4. The molecule has 0 amide bonds. The fraction of sp³-hybridized carbons (Fsp3) is 0.105. The van der Waals surface area contributed by atoms with E-state index in [-0.39, 0.29) is 23.1 Å². The Morgan fingerprint density at radius 1 is 1.19 bits per heavy atom. The number of benzene rings is 2. The average molecular weight is 370 g/mol. The Bertz CT molecular complexity index is 976. The highest BCUT2D eigenvalue weighted by Gasteiger charge is 2.25. The number of halogens is 2. The number of hydrogen-bond donors (Lipinski definition) is 0. The number of carbonyl (C=O) groups excluding carboxylic acids is 1. The number of ether oxygens (including phenoxy) is 3. The molecule has 2 aromatic rings. The standard InChI is InChI=1S/C19H12F2N2O4/c1-25-16-9-13(6-7-15(16)26-19(20)21)17-23-14(18(24)27-17)8-11-2-4-12(10-22)5-3-11/h2-9,19H,1H3. The van der Waals surface area contributed by atoms with E-state index in [1.165, 1.54) is 31.4 Å². The Hall–Kier alpha value is -3.73. The molecule has 1 aliphatic rings. The maximum Gasteiger partial charge on any atom is 0.387 e. The fourth-order valence-electron chi connectivity index (χ4n) is 2.34. The van der Waals surface area contributed by atoms with Gasteiger partial charge in [0.15, 0.2) is 17.2 Å². The first-order valence-corrected chi connectivity index (χ1v) is 7.66. The van der Waals surface area contributed by atoms with Crippen LogP contribution in [0.25, 0.3) is 6.08 Å². The topological polar surface area (TPSA) is 80.9 Å². The molecule has 0 spiro atoms. The number of hydrogen-bond acceptors (Lipinski definition) is 6. The number of nitrogens with zero attached hydrogens (tertiary/aromatic N) is 2. The number of carbonyl (C=O) groups is 1. The van der Waals surface area contributed by atoms with Gasteiger partial charge in [-0.15, -0.1) is 0 Å². The minimum absolute atomic E-state index is 0.0155. The van der Waals surface area contributed by atoms with Crippen LogP contribution in [-0.2, 0) is 9.53 Å². The van der Waals surface area contributed by atoms with E-state index in [4.69, 9.17) is 14.7 Å². The normalized spacial score (nSPS) is 14.7. The lowest BCUT2D eigenvalue weighted by atomic mass is 10.1. The van der Waals surface area contributed by atoms with Crippen molar-refractivity contribution in [2.24, 2.45) is 4.99 Å². The third kappa shape index (κ3) is 4.10. The van der Waals surface area contributed by atoms with Gasteiger partial charge in [-0.05, 0) is 42.0 Å². The molecule has 0 saturated heterocycles. The molecule has 0 atom stereocenters. The molecule has 0 saturated carbocycles. The Kier molecular flexibility index (Phi) is 5.13. The number of cyclic esters (lactones) is 1. The van der Waals surface area contributed by atoms with Crippen molar-refractivity contribution in [3.05, 3.63) is 64.9 Å². The summed E-state index contributed by atoms with van der Waals surface area (Å²) in [6.07, 6.45) is 1.52. The molecule has 8 heteroatoms. The van der Waals surface area contributed by atoms with E-state index >= 15 is 0 Å². The molecular weight excluding hydrogens is 358 g/mol. The molecule has 0 fully saturated rings. The van der Waals surface area contributed by atoms with Gasteiger partial charge in [-0.3, -0.25) is 0 Å². The zero-order valence-corrected chi connectivity index (χ0v) is 14.0. The highest BCUT2D eigenvalue weighted by molar-refractivity contribution is 6.13. The van der Waals surface area contributed by atoms with Crippen molar-refractivity contribution in [2.75, 3.05) is 7.11 Å². The summed E-state index contributed by atoms with van der Waals surface area (Å²) in [6, 6.07) is 12.7. The van der Waals surface area contributed by atoms with Gasteiger partial charge in [-0.1, -0.05) is 12.1 Å². The zero-order chi connectivity index (χ0) is 19.4. The van der Waals surface area contributed by atoms with Crippen molar-refractivity contribution in [1.82, 2.24) is 0 Å². The minimum atomic E-state index is -2.99. The van der Waals surface area contributed by atoms with Crippen molar-refractivity contribution in [3.8, 4) is 17.6 Å². The van der Waals surface area contributed by atoms with Crippen LogP contribution in [0, 0.1) is 11.3 Å². The fourth-order valence-corrected chi connectivity index (χ4v) is 2.34. The van der Waals surface area contributed by atoms with Gasteiger partial charge in [-0.25, -0.2) is 9.79 Å². The van der Waals surface area contributed by atoms with Gasteiger partial charge in [-0.2, -0.15) is 14.0 Å². The zero-order valence-electron chi connectivity index (χ0n) is 14.0. The van der Waals surface area contributed by atoms with Crippen LogP contribution in [0.4, 0.5) is 8.78 Å². The molecular formula is C19H12F2N2O4. The Labute approximate surface area is 152 Å². The predicted molar refractivity (Wildman–Crippen MR) is 91.4 cm³/mol. The van der Waals surface area contributed by atoms with Crippen molar-refractivity contribution in [3.63, 3.8) is 0 Å². The maximum atomic E-state index is 12.4. The number of aliphatic imine (C=N–C) groups is 1. The molecule has 0 N–H and O–H groups in total. The quantitative estimate of drug-likeness (QED) is 0.594. The van der Waals surface area contributed by atoms with Gasteiger partial charge in [0.25, 0.3) is 0 Å². The number of esters is 1. The molecule has 0 unspecified atom stereocenters. The van der Waals surface area contributed by atoms with E-state index in [1.807, 2.05) is 6.07 Å². The van der Waals surface area contributed by atoms with Crippen molar-refractivity contribution >= 4 is 17.9 Å². The number of nitriles is 1. The molecule has 0 bridgehead atoms.